The van der Waals surface area contributed by atoms with E-state index in [4.69, 9.17) is 9.73 Å². The fourth-order valence-corrected chi connectivity index (χ4v) is 6.02. The molecule has 212 valence electrons. The Morgan fingerprint density at radius 2 is 1.71 bits per heavy atom. The van der Waals surface area contributed by atoms with Gasteiger partial charge in [0.15, 0.2) is 0 Å². The van der Waals surface area contributed by atoms with Crippen LogP contribution in [0.3, 0.4) is 0 Å². The number of halogens is 1. The lowest BCUT2D eigenvalue weighted by atomic mass is 9.81. The Bertz CT molecular complexity index is 1550. The van der Waals surface area contributed by atoms with Gasteiger partial charge in [0, 0.05) is 29.0 Å². The van der Waals surface area contributed by atoms with Crippen LogP contribution in [0.1, 0.15) is 43.6 Å². The molecule has 41 heavy (non-hydrogen) atoms. The van der Waals surface area contributed by atoms with E-state index in [1.54, 1.807) is 19.4 Å². The number of hydrogen-bond acceptors (Lipinski definition) is 4. The average Bonchev–Trinajstić information content (AvgIpc) is 3.20. The van der Waals surface area contributed by atoms with Crippen molar-refractivity contribution in [2.45, 2.75) is 39.9 Å². The summed E-state index contributed by atoms with van der Waals surface area (Å²) in [6, 6.07) is 24.9. The summed E-state index contributed by atoms with van der Waals surface area (Å²) in [5.74, 6) is 1.07. The zero-order valence-corrected chi connectivity index (χ0v) is 24.8. The minimum Gasteiger partial charge on any atom is -0.497 e. The largest absolute Gasteiger partial charge is 0.497 e. The molecule has 0 amide bonds. The summed E-state index contributed by atoms with van der Waals surface area (Å²) in [7, 11) is 5.74. The molecule has 0 saturated carbocycles. The number of fused-ring (bicyclic) bond motifs is 1. The third-order valence-electron chi connectivity index (χ3n) is 8.01. The third kappa shape index (κ3) is 5.52. The van der Waals surface area contributed by atoms with Gasteiger partial charge in [-0.1, -0.05) is 75.4 Å². The summed E-state index contributed by atoms with van der Waals surface area (Å²) >= 11 is 0. The van der Waals surface area contributed by atoms with Crippen molar-refractivity contribution in [1.82, 2.24) is 4.90 Å². The van der Waals surface area contributed by atoms with E-state index < -0.39 is 6.17 Å². The fourth-order valence-electron chi connectivity index (χ4n) is 6.02. The molecule has 5 rings (SSSR count). The van der Waals surface area contributed by atoms with Gasteiger partial charge in [0.2, 0.25) is 0 Å². The van der Waals surface area contributed by atoms with Crippen LogP contribution in [0.2, 0.25) is 0 Å². The van der Waals surface area contributed by atoms with Gasteiger partial charge in [-0.2, -0.15) is 9.48 Å². The number of quaternary nitrogens is 1. The van der Waals surface area contributed by atoms with E-state index in [1.807, 2.05) is 61.6 Å². The van der Waals surface area contributed by atoms with Crippen molar-refractivity contribution in [1.29, 1.82) is 0 Å². The van der Waals surface area contributed by atoms with Crippen LogP contribution in [0.15, 0.2) is 107 Å². The molecule has 2 aliphatic rings. The van der Waals surface area contributed by atoms with Crippen LogP contribution in [-0.2, 0) is 13.0 Å². The first-order valence-electron chi connectivity index (χ1n) is 14.0. The van der Waals surface area contributed by atoms with E-state index in [2.05, 4.69) is 44.9 Å². The second-order valence-corrected chi connectivity index (χ2v) is 12.1. The summed E-state index contributed by atoms with van der Waals surface area (Å²) < 4.78 is 21.9. The molecule has 0 aliphatic carbocycles. The van der Waals surface area contributed by atoms with Gasteiger partial charge in [0.1, 0.15) is 17.3 Å². The van der Waals surface area contributed by atoms with E-state index in [-0.39, 0.29) is 15.7 Å². The molecule has 2 atom stereocenters. The predicted molar refractivity (Wildman–Crippen MR) is 160 cm³/mol. The molecule has 0 radical (unpaired) electrons. The minimum atomic E-state index is -0.637. The van der Waals surface area contributed by atoms with Crippen LogP contribution >= 0.6 is 0 Å². The number of rotatable bonds is 8. The van der Waals surface area contributed by atoms with E-state index >= 15 is 4.39 Å². The summed E-state index contributed by atoms with van der Waals surface area (Å²) in [6.07, 6.45) is 1.31. The summed E-state index contributed by atoms with van der Waals surface area (Å²) in [6.45, 7) is 7.77. The van der Waals surface area contributed by atoms with Crippen LogP contribution in [0.4, 0.5) is 4.39 Å². The van der Waals surface area contributed by atoms with Crippen LogP contribution in [0.5, 0.6) is 5.75 Å². The Morgan fingerprint density at radius 1 is 1.00 bits per heavy atom. The number of ether oxygens (including phenoxy) is 1. The molecule has 0 fully saturated rings. The second-order valence-electron chi connectivity index (χ2n) is 12.1. The first-order valence-corrected chi connectivity index (χ1v) is 14.0. The van der Waals surface area contributed by atoms with Crippen LogP contribution in [0.25, 0.3) is 0 Å². The lowest BCUT2D eigenvalue weighted by molar-refractivity contribution is -0.940. The monoisotopic (exact) mass is 554 g/mol. The Labute approximate surface area is 242 Å². The van der Waals surface area contributed by atoms with Gasteiger partial charge in [0.25, 0.3) is 0 Å². The first kappa shape index (κ1) is 28.6. The van der Waals surface area contributed by atoms with E-state index in [1.165, 1.54) is 11.6 Å². The normalized spacial score (nSPS) is 20.7. The van der Waals surface area contributed by atoms with Gasteiger partial charge < -0.3 is 4.74 Å². The maximum absolute atomic E-state index is 15.2. The SMILES string of the molecule is COc1cccc(C2[N+](=O)C=C3N=C(C(C)(C)C)C(CN(C)Cc4ccccc4)=C(Cc4ccccc4F)[N+]32C)c1. The van der Waals surface area contributed by atoms with Crippen LogP contribution < -0.4 is 4.74 Å². The fraction of sp³-hybridized carbons (Fsp3) is 0.324. The Morgan fingerprint density at radius 3 is 2.39 bits per heavy atom. The minimum absolute atomic E-state index is 0.138. The standard InChI is InChI=1S/C34H39FN4O2/c1-34(2,3)32-28(22-37(4)21-24-13-8-7-9-14-24)30(20-25-15-10-11-18-29(25)35)39(5)31(36-32)23-38(40)33(39)26-16-12-17-27(19-26)41-6/h7-19,23,33H,20-22H2,1-6H3/q+2. The molecule has 0 bridgehead atoms. The number of allylic oxidation sites excluding steroid dienone is 1. The zero-order valence-electron chi connectivity index (χ0n) is 24.8. The molecule has 3 aromatic carbocycles. The van der Waals surface area contributed by atoms with E-state index in [0.717, 1.165) is 33.9 Å². The maximum Gasteiger partial charge on any atom is 0.369 e. The topological polar surface area (TPSA) is 44.9 Å². The maximum atomic E-state index is 15.2. The third-order valence-corrected chi connectivity index (χ3v) is 8.01. The number of aliphatic imine (C=N–C) groups is 1. The molecular weight excluding hydrogens is 515 g/mol. The van der Waals surface area contributed by atoms with E-state index in [9.17, 15) is 4.91 Å². The van der Waals surface area contributed by atoms with Gasteiger partial charge in [-0.25, -0.2) is 4.39 Å². The summed E-state index contributed by atoms with van der Waals surface area (Å²) in [5, 5.41) is 0. The molecule has 0 saturated heterocycles. The average molecular weight is 555 g/mol. The second kappa shape index (κ2) is 11.1. The van der Waals surface area contributed by atoms with Gasteiger partial charge in [-0.3, -0.25) is 4.90 Å². The lowest BCUT2D eigenvalue weighted by Gasteiger charge is -2.40. The molecule has 2 aliphatic heterocycles. The molecule has 2 unspecified atom stereocenters. The number of hydrogen-bond donors (Lipinski definition) is 0. The highest BCUT2D eigenvalue weighted by atomic mass is 19.1. The number of methoxy groups -OCH3 is 1. The Balaban J connectivity index is 1.71. The molecular formula is C34H39FN4O2+2. The van der Waals surface area contributed by atoms with Crippen LogP contribution in [-0.4, -0.2) is 47.6 Å². The molecule has 0 aromatic heterocycles. The summed E-state index contributed by atoms with van der Waals surface area (Å²) in [4.78, 5) is 21.2. The van der Waals surface area contributed by atoms with Crippen molar-refractivity contribution in [2.24, 2.45) is 10.4 Å². The van der Waals surface area contributed by atoms with Crippen molar-refractivity contribution in [3.05, 3.63) is 130 Å². The number of nitrogens with zero attached hydrogens (tertiary/aromatic N) is 4. The molecule has 0 spiro atoms. The zero-order chi connectivity index (χ0) is 29.4. The number of benzene rings is 3. The van der Waals surface area contributed by atoms with Gasteiger partial charge >= 0.3 is 18.2 Å². The molecule has 7 heteroatoms. The van der Waals surface area contributed by atoms with Gasteiger partial charge in [-0.15, -0.1) is 0 Å². The van der Waals surface area contributed by atoms with Gasteiger partial charge in [-0.05, 0) is 42.4 Å². The van der Waals surface area contributed by atoms with Crippen molar-refractivity contribution in [2.75, 3.05) is 27.7 Å². The van der Waals surface area contributed by atoms with Crippen molar-refractivity contribution < 1.29 is 18.4 Å². The summed E-state index contributed by atoms with van der Waals surface area (Å²) in [5.41, 5.74) is 5.23. The smallest absolute Gasteiger partial charge is 0.369 e. The lowest BCUT2D eigenvalue weighted by Crippen LogP contribution is -2.50. The molecule has 0 N–H and O–H groups in total. The highest BCUT2D eigenvalue weighted by Gasteiger charge is 2.61. The Hall–Kier alpha value is -3.94. The predicted octanol–water partition coefficient (Wildman–Crippen LogP) is 7.00. The molecule has 3 aromatic rings. The quantitative estimate of drug-likeness (QED) is 0.222. The van der Waals surface area contributed by atoms with Crippen LogP contribution in [0, 0.1) is 16.1 Å². The molecule has 6 nitrogen and oxygen atoms in total. The van der Waals surface area contributed by atoms with Crippen molar-refractivity contribution >= 4 is 5.71 Å². The highest BCUT2D eigenvalue weighted by molar-refractivity contribution is 6.05. The number of likely N-dealkylation sites (N-methyl/N-ethyl adjacent to an activating group) is 2. The first-order chi connectivity index (χ1) is 19.5. The van der Waals surface area contributed by atoms with Crippen molar-refractivity contribution in [3.8, 4) is 5.75 Å². The van der Waals surface area contributed by atoms with Gasteiger partial charge in [0.05, 0.1) is 36.6 Å². The number of nitroso groups, excluding NO2 is 1. The highest BCUT2D eigenvalue weighted by Crippen LogP contribution is 2.49. The molecule has 2 heterocycles. The van der Waals surface area contributed by atoms with E-state index in [0.29, 0.717) is 30.1 Å². The Kier molecular flexibility index (Phi) is 7.77. The van der Waals surface area contributed by atoms with Crippen molar-refractivity contribution in [3.63, 3.8) is 0 Å².